The summed E-state index contributed by atoms with van der Waals surface area (Å²) in [6.45, 7) is 1.29. The van der Waals surface area contributed by atoms with Gasteiger partial charge in [-0.15, -0.1) is 10.2 Å². The Morgan fingerprint density at radius 2 is 1.83 bits per heavy atom. The van der Waals surface area contributed by atoms with Gasteiger partial charge in [-0.25, -0.2) is 13.2 Å². The van der Waals surface area contributed by atoms with Gasteiger partial charge in [-0.1, -0.05) is 0 Å². The second kappa shape index (κ2) is 10.9. The molecule has 2 aliphatic heterocycles. The van der Waals surface area contributed by atoms with Crippen LogP contribution in [0.2, 0.25) is 0 Å². The first kappa shape index (κ1) is 23.3. The van der Waals surface area contributed by atoms with Crippen molar-refractivity contribution < 1.29 is 49.4 Å². The van der Waals surface area contributed by atoms with Crippen LogP contribution in [-0.4, -0.2) is 59.9 Å². The number of nitrogens with one attached hydrogen (secondary N) is 1. The summed E-state index contributed by atoms with van der Waals surface area (Å²) in [6, 6.07) is 3.55. The van der Waals surface area contributed by atoms with E-state index in [4.69, 9.17) is 7.48 Å². The average Bonchev–Trinajstić information content (AvgIpc) is 3.42. The summed E-state index contributed by atoms with van der Waals surface area (Å²) >= 11 is 0. The number of anilines is 1. The zero-order chi connectivity index (χ0) is 25.6. The van der Waals surface area contributed by atoms with Gasteiger partial charge < -0.3 is 24.9 Å². The number of carboxylic acid groups (broad SMARTS) is 1. The van der Waals surface area contributed by atoms with Crippen molar-refractivity contribution in [3.05, 3.63) is 41.2 Å². The number of hydrogen-bond donors (Lipinski definition) is 1. The number of carbonyl (C=O) groups excluding carboxylic acids is 1. The van der Waals surface area contributed by atoms with E-state index >= 15 is 0 Å². The van der Waals surface area contributed by atoms with Crippen LogP contribution in [0.4, 0.5) is 19.0 Å². The topological polar surface area (TPSA) is 90.4 Å². The normalized spacial score (nSPS) is 26.0. The number of aromatic nitrogens is 2. The number of likely N-dealkylation sites (tertiary alicyclic amines) is 1. The molecule has 3 aliphatic rings. The van der Waals surface area contributed by atoms with E-state index in [1.807, 2.05) is 4.90 Å². The Bertz CT molecular complexity index is 1140. The number of aromatic carboxylic acids is 1. The molecular weight excluding hydrogens is 456 g/mol. The molecule has 3 atom stereocenters. The van der Waals surface area contributed by atoms with E-state index < -0.39 is 41.0 Å². The second-order valence-corrected chi connectivity index (χ2v) is 9.25. The Hall–Kier alpha value is -2.12. The SMILES string of the molecule is [2H]C([2H])(C1CCOCC1)N1C[C@H]2CC(Nc3ccc(-c4cc(F)c(C(=O)[O-])c(F)c4F)nn3)C[C@H]2C1.[Li+]. The molecule has 1 aromatic heterocycles. The average molecular weight is 484 g/mol. The van der Waals surface area contributed by atoms with Crippen LogP contribution >= 0.6 is 0 Å². The number of carbonyl (C=O) groups is 1. The maximum atomic E-state index is 14.3. The molecule has 7 nitrogen and oxygen atoms in total. The summed E-state index contributed by atoms with van der Waals surface area (Å²) in [5, 5.41) is 22.0. The van der Waals surface area contributed by atoms with Crippen LogP contribution in [0.15, 0.2) is 18.2 Å². The van der Waals surface area contributed by atoms with Crippen LogP contribution in [0, 0.1) is 35.2 Å². The Labute approximate surface area is 216 Å². The molecule has 1 aromatic carbocycles. The van der Waals surface area contributed by atoms with Gasteiger partial charge in [0.1, 0.15) is 11.6 Å². The fourth-order valence-corrected chi connectivity index (χ4v) is 5.34. The number of rotatable bonds is 6. The third-order valence-corrected chi connectivity index (χ3v) is 6.99. The number of nitrogens with zero attached hydrogens (tertiary/aromatic N) is 3. The van der Waals surface area contributed by atoms with Crippen LogP contribution in [0.3, 0.4) is 0 Å². The molecule has 3 heterocycles. The molecule has 0 amide bonds. The number of ether oxygens (including phenoxy) is 1. The van der Waals surface area contributed by atoms with E-state index in [1.165, 1.54) is 12.1 Å². The zero-order valence-electron chi connectivity index (χ0n) is 21.4. The molecule has 2 saturated heterocycles. The van der Waals surface area contributed by atoms with Crippen molar-refractivity contribution >= 4 is 11.8 Å². The summed E-state index contributed by atoms with van der Waals surface area (Å²) in [4.78, 5) is 12.8. The van der Waals surface area contributed by atoms with Gasteiger partial charge in [-0.3, -0.25) is 0 Å². The van der Waals surface area contributed by atoms with Crippen molar-refractivity contribution in [2.75, 3.05) is 38.1 Å². The Kier molecular flexibility index (Phi) is 7.23. The molecule has 3 fully saturated rings. The maximum Gasteiger partial charge on any atom is 1.00 e. The third-order valence-electron chi connectivity index (χ3n) is 6.99. The molecule has 1 saturated carbocycles. The van der Waals surface area contributed by atoms with E-state index in [1.54, 1.807) is 0 Å². The summed E-state index contributed by atoms with van der Waals surface area (Å²) in [5.74, 6) is -5.85. The number of fused-ring (bicyclic) bond motifs is 1. The van der Waals surface area contributed by atoms with E-state index in [-0.39, 0.29) is 36.5 Å². The monoisotopic (exact) mass is 484 g/mol. The molecule has 11 heteroatoms. The molecular formula is C24H26F3LiN4O3. The zero-order valence-corrected chi connectivity index (χ0v) is 19.4. The fraction of sp³-hybridized carbons (Fsp3) is 0.542. The molecule has 1 unspecified atom stereocenters. The van der Waals surface area contributed by atoms with E-state index in [0.717, 1.165) is 25.7 Å². The Balaban J connectivity index is 0.00000320. The number of hydrogen-bond acceptors (Lipinski definition) is 7. The molecule has 1 aliphatic carbocycles. The van der Waals surface area contributed by atoms with Gasteiger partial charge in [-0.2, -0.15) is 0 Å². The predicted molar refractivity (Wildman–Crippen MR) is 115 cm³/mol. The van der Waals surface area contributed by atoms with Crippen molar-refractivity contribution in [1.82, 2.24) is 15.1 Å². The van der Waals surface area contributed by atoms with Crippen LogP contribution < -0.4 is 29.3 Å². The van der Waals surface area contributed by atoms with Gasteiger partial charge in [0, 0.05) is 47.1 Å². The van der Waals surface area contributed by atoms with Gasteiger partial charge in [0.15, 0.2) is 11.6 Å². The molecule has 0 radical (unpaired) electrons. The molecule has 35 heavy (non-hydrogen) atoms. The Morgan fingerprint density at radius 1 is 1.14 bits per heavy atom. The van der Waals surface area contributed by atoms with Crippen LogP contribution in [-0.2, 0) is 4.74 Å². The van der Waals surface area contributed by atoms with Crippen LogP contribution in [0.1, 0.15) is 38.8 Å². The van der Waals surface area contributed by atoms with Crippen molar-refractivity contribution in [2.45, 2.75) is 31.7 Å². The second-order valence-electron chi connectivity index (χ2n) is 9.25. The molecule has 0 bridgehead atoms. The largest absolute Gasteiger partial charge is 1.00 e. The summed E-state index contributed by atoms with van der Waals surface area (Å²) in [5.41, 5.74) is -2.15. The van der Waals surface area contributed by atoms with Gasteiger partial charge in [0.05, 0.1) is 17.2 Å². The quantitative estimate of drug-likeness (QED) is 0.436. The third kappa shape index (κ3) is 5.51. The first-order valence-corrected chi connectivity index (χ1v) is 11.5. The minimum Gasteiger partial charge on any atom is -0.545 e. The Morgan fingerprint density at radius 3 is 2.43 bits per heavy atom. The molecule has 0 spiro atoms. The van der Waals surface area contributed by atoms with E-state index in [2.05, 4.69) is 15.5 Å². The number of halogens is 3. The fourth-order valence-electron chi connectivity index (χ4n) is 5.34. The molecule has 1 N–H and O–H groups in total. The smallest absolute Gasteiger partial charge is 0.545 e. The van der Waals surface area contributed by atoms with Gasteiger partial charge in [0.2, 0.25) is 0 Å². The standard InChI is InChI=1S/C24H27F3N4O3.Li/c25-18-9-17(22(26)23(27)21(18)24(32)33)19-1-2-20(30-29-19)28-16-7-14-11-31(12-15(14)8-16)10-13-3-5-34-6-4-13;/h1-2,9,13-16H,3-8,10-12H2,(H,28,30)(H,32,33);/q;+1/p-1/t14-,15+,16?;/i10D2;. The minimum atomic E-state index is -2.15. The first-order valence-electron chi connectivity index (χ1n) is 12.5. The van der Waals surface area contributed by atoms with Crippen molar-refractivity contribution in [3.63, 3.8) is 0 Å². The number of benzene rings is 1. The van der Waals surface area contributed by atoms with Crippen molar-refractivity contribution in [2.24, 2.45) is 17.8 Å². The first-order chi connectivity index (χ1) is 17.1. The number of carboxylic acids is 1. The minimum absolute atomic E-state index is 0. The molecule has 182 valence electrons. The van der Waals surface area contributed by atoms with Gasteiger partial charge in [-0.05, 0) is 61.6 Å². The van der Waals surface area contributed by atoms with Gasteiger partial charge >= 0.3 is 18.9 Å². The van der Waals surface area contributed by atoms with Gasteiger partial charge in [0.25, 0.3) is 0 Å². The van der Waals surface area contributed by atoms with E-state index in [0.29, 0.717) is 50.0 Å². The van der Waals surface area contributed by atoms with Crippen LogP contribution in [0.5, 0.6) is 0 Å². The summed E-state index contributed by atoms with van der Waals surface area (Å²) < 4.78 is 65.1. The maximum absolute atomic E-state index is 14.3. The van der Waals surface area contributed by atoms with E-state index in [9.17, 15) is 23.1 Å². The summed E-state index contributed by atoms with van der Waals surface area (Å²) in [7, 11) is 0. The molecule has 5 rings (SSSR count). The molecule has 2 aromatic rings. The van der Waals surface area contributed by atoms with Crippen molar-refractivity contribution in [3.8, 4) is 11.3 Å². The van der Waals surface area contributed by atoms with Crippen LogP contribution in [0.25, 0.3) is 11.3 Å². The summed E-state index contributed by atoms with van der Waals surface area (Å²) in [6.07, 6.45) is 3.18. The predicted octanol–water partition coefficient (Wildman–Crippen LogP) is -0.523. The van der Waals surface area contributed by atoms with Crippen molar-refractivity contribution in [1.29, 1.82) is 0 Å².